The van der Waals surface area contributed by atoms with Gasteiger partial charge in [-0.3, -0.25) is 10.1 Å². The van der Waals surface area contributed by atoms with Crippen LogP contribution in [0.25, 0.3) is 0 Å². The molecule has 2 aromatic rings. The molecule has 0 aliphatic heterocycles. The number of hydrazone groups is 1. The van der Waals surface area contributed by atoms with E-state index in [9.17, 15) is 18.5 Å². The van der Waals surface area contributed by atoms with Crippen LogP contribution in [-0.4, -0.2) is 32.8 Å². The maximum absolute atomic E-state index is 12.3. The van der Waals surface area contributed by atoms with Crippen LogP contribution in [0.15, 0.2) is 52.5 Å². The first kappa shape index (κ1) is 22.2. The van der Waals surface area contributed by atoms with Gasteiger partial charge in [-0.15, -0.1) is 0 Å². The molecule has 0 saturated carbocycles. The van der Waals surface area contributed by atoms with Gasteiger partial charge >= 0.3 is 0 Å². The minimum atomic E-state index is -4.05. The smallest absolute Gasteiger partial charge is 0.276 e. The zero-order valence-corrected chi connectivity index (χ0v) is 17.0. The topological polar surface area (TPSA) is 120 Å². The van der Waals surface area contributed by atoms with E-state index < -0.39 is 14.9 Å². The standard InChI is InChI=1S/C19H23N3O6S/c1-3-10-27-17-9-8-15(19(13-17)28-11-4-2)14-20-21-29(25,26)18-7-5-6-16(12-18)22(23)24/h5-9,12-14,21H,3-4,10-11H2,1-2H3/b20-14+. The maximum Gasteiger partial charge on any atom is 0.276 e. The van der Waals surface area contributed by atoms with Crippen molar-refractivity contribution < 1.29 is 22.8 Å². The number of hydrogen-bond donors (Lipinski definition) is 1. The minimum absolute atomic E-state index is 0.255. The summed E-state index contributed by atoms with van der Waals surface area (Å²) in [4.78, 5) is 12.0. The zero-order valence-electron chi connectivity index (χ0n) is 16.2. The van der Waals surface area contributed by atoms with Crippen molar-refractivity contribution in [3.63, 3.8) is 0 Å². The van der Waals surface area contributed by atoms with Crippen molar-refractivity contribution >= 4 is 21.9 Å². The molecular formula is C19H23N3O6S. The lowest BCUT2D eigenvalue weighted by Gasteiger charge is -2.11. The normalized spacial score (nSPS) is 11.4. The highest BCUT2D eigenvalue weighted by Crippen LogP contribution is 2.24. The van der Waals surface area contributed by atoms with Crippen LogP contribution < -0.4 is 14.3 Å². The van der Waals surface area contributed by atoms with E-state index in [2.05, 4.69) is 9.93 Å². The zero-order chi connectivity index (χ0) is 21.3. The van der Waals surface area contributed by atoms with E-state index in [-0.39, 0.29) is 10.6 Å². The quantitative estimate of drug-likeness (QED) is 0.337. The van der Waals surface area contributed by atoms with Gasteiger partial charge in [-0.1, -0.05) is 19.9 Å². The molecular weight excluding hydrogens is 398 g/mol. The number of nitrogens with one attached hydrogen (secondary N) is 1. The highest BCUT2D eigenvalue weighted by molar-refractivity contribution is 7.89. The summed E-state index contributed by atoms with van der Waals surface area (Å²) in [5.74, 6) is 1.16. The fourth-order valence-electron chi connectivity index (χ4n) is 2.25. The van der Waals surface area contributed by atoms with E-state index in [1.54, 1.807) is 18.2 Å². The van der Waals surface area contributed by atoms with Gasteiger partial charge in [-0.25, -0.2) is 4.83 Å². The molecule has 0 unspecified atom stereocenters. The summed E-state index contributed by atoms with van der Waals surface area (Å²) in [6.07, 6.45) is 2.98. The van der Waals surface area contributed by atoms with Gasteiger partial charge in [0.25, 0.3) is 15.7 Å². The molecule has 0 radical (unpaired) electrons. The molecule has 0 saturated heterocycles. The first-order valence-electron chi connectivity index (χ1n) is 9.06. The van der Waals surface area contributed by atoms with Crippen LogP contribution in [0.5, 0.6) is 11.5 Å². The lowest BCUT2D eigenvalue weighted by molar-refractivity contribution is -0.385. The molecule has 1 N–H and O–H groups in total. The summed E-state index contributed by atoms with van der Waals surface area (Å²) in [6, 6.07) is 9.89. The SMILES string of the molecule is CCCOc1ccc(/C=N/NS(=O)(=O)c2cccc([N+](=O)[O-])c2)c(OCCC)c1. The Kier molecular flexibility index (Phi) is 7.96. The van der Waals surface area contributed by atoms with E-state index in [1.807, 2.05) is 13.8 Å². The summed E-state index contributed by atoms with van der Waals surface area (Å²) in [5.41, 5.74) is 0.235. The van der Waals surface area contributed by atoms with Crippen LogP contribution in [0, 0.1) is 10.1 Å². The second kappa shape index (κ2) is 10.4. The number of nitro groups is 1. The predicted molar refractivity (Wildman–Crippen MR) is 109 cm³/mol. The van der Waals surface area contributed by atoms with Crippen LogP contribution in [-0.2, 0) is 10.0 Å². The molecule has 0 aromatic heterocycles. The molecule has 0 bridgehead atoms. The van der Waals surface area contributed by atoms with Gasteiger partial charge < -0.3 is 9.47 Å². The van der Waals surface area contributed by atoms with Crippen LogP contribution in [0.1, 0.15) is 32.3 Å². The Balaban J connectivity index is 2.19. The molecule has 9 nitrogen and oxygen atoms in total. The minimum Gasteiger partial charge on any atom is -0.493 e. The van der Waals surface area contributed by atoms with Crippen LogP contribution in [0.3, 0.4) is 0 Å². The second-order valence-corrected chi connectivity index (χ2v) is 7.66. The first-order valence-corrected chi connectivity index (χ1v) is 10.5. The van der Waals surface area contributed by atoms with Crippen molar-refractivity contribution in [3.8, 4) is 11.5 Å². The monoisotopic (exact) mass is 421 g/mol. The number of ether oxygens (including phenoxy) is 2. The summed E-state index contributed by atoms with van der Waals surface area (Å²) >= 11 is 0. The largest absolute Gasteiger partial charge is 0.493 e. The van der Waals surface area contributed by atoms with Crippen molar-refractivity contribution in [3.05, 3.63) is 58.1 Å². The molecule has 10 heteroatoms. The molecule has 0 amide bonds. The van der Waals surface area contributed by atoms with Gasteiger partial charge in [-0.2, -0.15) is 13.5 Å². The molecule has 0 atom stereocenters. The average molecular weight is 421 g/mol. The highest BCUT2D eigenvalue weighted by Gasteiger charge is 2.16. The Morgan fingerprint density at radius 3 is 2.52 bits per heavy atom. The fraction of sp³-hybridized carbons (Fsp3) is 0.316. The van der Waals surface area contributed by atoms with Crippen molar-refractivity contribution in [2.24, 2.45) is 5.10 Å². The third-order valence-corrected chi connectivity index (χ3v) is 4.86. The average Bonchev–Trinajstić information content (AvgIpc) is 2.71. The molecule has 0 fully saturated rings. The summed E-state index contributed by atoms with van der Waals surface area (Å²) < 4.78 is 35.9. The third kappa shape index (κ3) is 6.46. The molecule has 0 spiro atoms. The Hall–Kier alpha value is -3.14. The fourth-order valence-corrected chi connectivity index (χ4v) is 3.08. The number of hydrogen-bond acceptors (Lipinski definition) is 7. The number of nitrogens with zero attached hydrogens (tertiary/aromatic N) is 2. The van der Waals surface area contributed by atoms with E-state index in [0.29, 0.717) is 30.3 Å². The summed E-state index contributed by atoms with van der Waals surface area (Å²) in [5, 5.41) is 14.6. The van der Waals surface area contributed by atoms with Crippen molar-refractivity contribution in [1.82, 2.24) is 4.83 Å². The number of nitro benzene ring substituents is 1. The van der Waals surface area contributed by atoms with Crippen molar-refractivity contribution in [1.29, 1.82) is 0 Å². The maximum atomic E-state index is 12.3. The molecule has 0 heterocycles. The number of rotatable bonds is 11. The van der Waals surface area contributed by atoms with E-state index in [1.165, 1.54) is 24.4 Å². The number of benzene rings is 2. The lowest BCUT2D eigenvalue weighted by atomic mass is 10.2. The van der Waals surface area contributed by atoms with Crippen molar-refractivity contribution in [2.75, 3.05) is 13.2 Å². The van der Waals surface area contributed by atoms with E-state index in [0.717, 1.165) is 18.9 Å². The van der Waals surface area contributed by atoms with Crippen molar-refractivity contribution in [2.45, 2.75) is 31.6 Å². The van der Waals surface area contributed by atoms with Gasteiger partial charge in [0.2, 0.25) is 0 Å². The third-order valence-electron chi connectivity index (χ3n) is 3.63. The Morgan fingerprint density at radius 1 is 1.10 bits per heavy atom. The number of sulfonamides is 1. The molecule has 0 aliphatic carbocycles. The highest BCUT2D eigenvalue weighted by atomic mass is 32.2. The predicted octanol–water partition coefficient (Wildman–Crippen LogP) is 3.48. The number of non-ortho nitro benzene ring substituents is 1. The van der Waals surface area contributed by atoms with Crippen LogP contribution in [0.4, 0.5) is 5.69 Å². The molecule has 29 heavy (non-hydrogen) atoms. The Labute approximate surface area is 169 Å². The van der Waals surface area contributed by atoms with Gasteiger partial charge in [-0.05, 0) is 31.0 Å². The van der Waals surface area contributed by atoms with Crippen LogP contribution >= 0.6 is 0 Å². The lowest BCUT2D eigenvalue weighted by Crippen LogP contribution is -2.18. The molecule has 2 rings (SSSR count). The summed E-state index contributed by atoms with van der Waals surface area (Å²) in [6.45, 7) is 5.03. The van der Waals surface area contributed by atoms with Gasteiger partial charge in [0.15, 0.2) is 0 Å². The first-order chi connectivity index (χ1) is 13.9. The van der Waals surface area contributed by atoms with Crippen LogP contribution in [0.2, 0.25) is 0 Å². The molecule has 156 valence electrons. The van der Waals surface area contributed by atoms with Gasteiger partial charge in [0.1, 0.15) is 11.5 Å². The van der Waals surface area contributed by atoms with E-state index >= 15 is 0 Å². The summed E-state index contributed by atoms with van der Waals surface area (Å²) in [7, 11) is -4.05. The van der Waals surface area contributed by atoms with Gasteiger partial charge in [0.05, 0.1) is 29.2 Å². The second-order valence-electron chi connectivity index (χ2n) is 6.00. The van der Waals surface area contributed by atoms with E-state index in [4.69, 9.17) is 9.47 Å². The molecule has 2 aromatic carbocycles. The Morgan fingerprint density at radius 2 is 1.83 bits per heavy atom. The molecule has 0 aliphatic rings. The Bertz CT molecular complexity index is 976. The van der Waals surface area contributed by atoms with Gasteiger partial charge in [0, 0.05) is 23.8 Å².